The minimum absolute atomic E-state index is 0.753. The first-order valence-electron chi connectivity index (χ1n) is 3.47. The smallest absolute Gasteiger partial charge is 0.0436 e. The van der Waals surface area contributed by atoms with Gasteiger partial charge in [0.05, 0.1) is 0 Å². The van der Waals surface area contributed by atoms with Crippen molar-refractivity contribution in [3.05, 3.63) is 0 Å². The van der Waals surface area contributed by atoms with Gasteiger partial charge >= 0.3 is 0 Å². The average Bonchev–Trinajstić information content (AvgIpc) is 1.89. The summed E-state index contributed by atoms with van der Waals surface area (Å²) in [6, 6.07) is 0. The Hall–Kier alpha value is -0.530. The summed E-state index contributed by atoms with van der Waals surface area (Å²) in [5.74, 6) is 0.753. The highest BCUT2D eigenvalue weighted by atomic mass is 16.4. The monoisotopic (exact) mass is 129 g/mol. The van der Waals surface area contributed by atoms with E-state index in [1.165, 1.54) is 6.42 Å². The molecule has 0 aliphatic carbocycles. The second kappa shape index (κ2) is 5.60. The van der Waals surface area contributed by atoms with Crippen LogP contribution in [0.15, 0.2) is 5.16 Å². The van der Waals surface area contributed by atoms with Crippen LogP contribution in [0.1, 0.15) is 33.1 Å². The summed E-state index contributed by atoms with van der Waals surface area (Å²) in [5, 5.41) is 10.9. The van der Waals surface area contributed by atoms with Crippen molar-refractivity contribution in [3.8, 4) is 0 Å². The molecule has 1 atom stereocenters. The van der Waals surface area contributed by atoms with Crippen molar-refractivity contribution in [3.63, 3.8) is 0 Å². The number of hydrogen-bond donors (Lipinski definition) is 1. The highest BCUT2D eigenvalue weighted by molar-refractivity contribution is 5.55. The molecule has 0 saturated carbocycles. The molecule has 1 N–H and O–H groups in total. The van der Waals surface area contributed by atoms with Crippen molar-refractivity contribution in [2.45, 2.75) is 33.1 Å². The summed E-state index contributed by atoms with van der Waals surface area (Å²) < 4.78 is 0. The maximum absolute atomic E-state index is 8.02. The molecule has 0 aliphatic rings. The summed E-state index contributed by atoms with van der Waals surface area (Å²) in [6.07, 6.45) is 4.78. The van der Waals surface area contributed by atoms with Gasteiger partial charge in [0.1, 0.15) is 0 Å². The summed E-state index contributed by atoms with van der Waals surface area (Å²) in [6.45, 7) is 4.37. The van der Waals surface area contributed by atoms with E-state index in [0.29, 0.717) is 0 Å². The van der Waals surface area contributed by atoms with Crippen molar-refractivity contribution in [2.75, 3.05) is 0 Å². The van der Waals surface area contributed by atoms with E-state index >= 15 is 0 Å². The lowest BCUT2D eigenvalue weighted by atomic mass is 10.0. The summed E-state index contributed by atoms with van der Waals surface area (Å²) in [4.78, 5) is 0. The van der Waals surface area contributed by atoms with Crippen molar-refractivity contribution < 1.29 is 5.21 Å². The number of rotatable bonds is 4. The fraction of sp³-hybridized carbons (Fsp3) is 0.857. The molecule has 0 spiro atoms. The van der Waals surface area contributed by atoms with Gasteiger partial charge in [0.2, 0.25) is 0 Å². The standard InChI is InChI=1S/C7H15NO/c1-3-7(2)5-4-6-8-9/h6-7,9H,3-5H2,1-2H3. The Kier molecular flexibility index (Phi) is 5.27. The zero-order chi connectivity index (χ0) is 7.11. The van der Waals surface area contributed by atoms with E-state index in [4.69, 9.17) is 5.21 Å². The van der Waals surface area contributed by atoms with E-state index in [0.717, 1.165) is 18.8 Å². The molecule has 0 saturated heterocycles. The topological polar surface area (TPSA) is 32.6 Å². The molecule has 0 rings (SSSR count). The Morgan fingerprint density at radius 3 is 2.78 bits per heavy atom. The van der Waals surface area contributed by atoms with Gasteiger partial charge in [-0.25, -0.2) is 0 Å². The zero-order valence-electron chi connectivity index (χ0n) is 6.17. The fourth-order valence-electron chi connectivity index (χ4n) is 0.621. The fourth-order valence-corrected chi connectivity index (χ4v) is 0.621. The third kappa shape index (κ3) is 5.34. The second-order valence-electron chi connectivity index (χ2n) is 2.39. The van der Waals surface area contributed by atoms with Gasteiger partial charge in [-0.2, -0.15) is 0 Å². The van der Waals surface area contributed by atoms with Crippen LogP contribution in [-0.2, 0) is 0 Å². The molecule has 0 aliphatic heterocycles. The molecule has 9 heavy (non-hydrogen) atoms. The SMILES string of the molecule is CCC(C)CCC=NO. The molecule has 1 unspecified atom stereocenters. The predicted octanol–water partition coefficient (Wildman–Crippen LogP) is 2.27. The zero-order valence-corrected chi connectivity index (χ0v) is 6.17. The Balaban J connectivity index is 3.06. The molecule has 2 nitrogen and oxygen atoms in total. The molecule has 0 amide bonds. The highest BCUT2D eigenvalue weighted by Crippen LogP contribution is 2.07. The minimum atomic E-state index is 0.753. The predicted molar refractivity (Wildman–Crippen MR) is 39.0 cm³/mol. The van der Waals surface area contributed by atoms with Gasteiger partial charge in [-0.3, -0.25) is 0 Å². The Bertz CT molecular complexity index is 81.0. The molecule has 0 heterocycles. The van der Waals surface area contributed by atoms with Crippen LogP contribution in [0.4, 0.5) is 0 Å². The van der Waals surface area contributed by atoms with Gasteiger partial charge in [0.15, 0.2) is 0 Å². The van der Waals surface area contributed by atoms with Crippen LogP contribution >= 0.6 is 0 Å². The summed E-state index contributed by atoms with van der Waals surface area (Å²) >= 11 is 0. The van der Waals surface area contributed by atoms with Gasteiger partial charge in [0, 0.05) is 6.21 Å². The average molecular weight is 129 g/mol. The lowest BCUT2D eigenvalue weighted by Gasteiger charge is -2.02. The van der Waals surface area contributed by atoms with Crippen LogP contribution in [-0.4, -0.2) is 11.4 Å². The van der Waals surface area contributed by atoms with Crippen LogP contribution in [0.3, 0.4) is 0 Å². The molecule has 0 radical (unpaired) electrons. The van der Waals surface area contributed by atoms with E-state index in [1.807, 2.05) is 0 Å². The van der Waals surface area contributed by atoms with Crippen LogP contribution in [0, 0.1) is 5.92 Å². The van der Waals surface area contributed by atoms with E-state index in [-0.39, 0.29) is 0 Å². The van der Waals surface area contributed by atoms with Gasteiger partial charge < -0.3 is 5.21 Å². The molecule has 0 aromatic carbocycles. The van der Waals surface area contributed by atoms with Crippen molar-refractivity contribution in [1.82, 2.24) is 0 Å². The third-order valence-electron chi connectivity index (χ3n) is 1.57. The Morgan fingerprint density at radius 2 is 2.33 bits per heavy atom. The first-order chi connectivity index (χ1) is 4.31. The number of oxime groups is 1. The molecular formula is C7H15NO. The maximum Gasteiger partial charge on any atom is 0.0436 e. The van der Waals surface area contributed by atoms with E-state index in [9.17, 15) is 0 Å². The quantitative estimate of drug-likeness (QED) is 0.352. The van der Waals surface area contributed by atoms with Crippen molar-refractivity contribution >= 4 is 6.21 Å². The van der Waals surface area contributed by atoms with Crippen molar-refractivity contribution in [1.29, 1.82) is 0 Å². The summed E-state index contributed by atoms with van der Waals surface area (Å²) in [7, 11) is 0. The number of hydrogen-bond acceptors (Lipinski definition) is 2. The Labute approximate surface area is 56.6 Å². The van der Waals surface area contributed by atoms with E-state index in [2.05, 4.69) is 19.0 Å². The highest BCUT2D eigenvalue weighted by Gasteiger charge is 1.94. The van der Waals surface area contributed by atoms with Crippen LogP contribution < -0.4 is 0 Å². The lowest BCUT2D eigenvalue weighted by molar-refractivity contribution is 0.320. The van der Waals surface area contributed by atoms with Gasteiger partial charge in [-0.1, -0.05) is 20.3 Å². The largest absolute Gasteiger partial charge is 0.411 e. The molecule has 0 aromatic heterocycles. The van der Waals surface area contributed by atoms with Crippen LogP contribution in [0.25, 0.3) is 0 Å². The molecule has 0 fully saturated rings. The van der Waals surface area contributed by atoms with Gasteiger partial charge in [-0.15, -0.1) is 5.16 Å². The molecule has 54 valence electrons. The van der Waals surface area contributed by atoms with E-state index < -0.39 is 0 Å². The second-order valence-corrected chi connectivity index (χ2v) is 2.39. The van der Waals surface area contributed by atoms with Crippen LogP contribution in [0.5, 0.6) is 0 Å². The normalized spacial score (nSPS) is 14.4. The van der Waals surface area contributed by atoms with Gasteiger partial charge in [0.25, 0.3) is 0 Å². The first-order valence-corrected chi connectivity index (χ1v) is 3.47. The van der Waals surface area contributed by atoms with Crippen LogP contribution in [0.2, 0.25) is 0 Å². The third-order valence-corrected chi connectivity index (χ3v) is 1.57. The minimum Gasteiger partial charge on any atom is -0.411 e. The lowest BCUT2D eigenvalue weighted by Crippen LogP contribution is -1.91. The molecule has 0 bridgehead atoms. The molecule has 2 heteroatoms. The van der Waals surface area contributed by atoms with Gasteiger partial charge in [-0.05, 0) is 18.8 Å². The molecule has 0 aromatic rings. The van der Waals surface area contributed by atoms with Crippen molar-refractivity contribution in [2.24, 2.45) is 11.1 Å². The molecular weight excluding hydrogens is 114 g/mol. The maximum atomic E-state index is 8.02. The first kappa shape index (κ1) is 8.47. The van der Waals surface area contributed by atoms with E-state index in [1.54, 1.807) is 6.21 Å². The summed E-state index contributed by atoms with van der Waals surface area (Å²) in [5.41, 5.74) is 0. The Morgan fingerprint density at radius 1 is 1.67 bits per heavy atom. The number of nitrogens with zero attached hydrogens (tertiary/aromatic N) is 1.